The van der Waals surface area contributed by atoms with Crippen LogP contribution in [-0.4, -0.2) is 14.8 Å². The monoisotopic (exact) mass is 328 g/mol. The Bertz CT molecular complexity index is 579. The maximum absolute atomic E-state index is 12.0. The van der Waals surface area contributed by atoms with E-state index in [1.165, 1.54) is 4.68 Å². The highest BCUT2D eigenvalue weighted by Crippen LogP contribution is 2.18. The molecule has 2 heterocycles. The summed E-state index contributed by atoms with van der Waals surface area (Å²) in [5.74, 6) is 0. The Morgan fingerprint density at radius 2 is 2.28 bits per heavy atom. The lowest BCUT2D eigenvalue weighted by atomic mass is 10.4. The molecule has 0 atom stereocenters. The fourth-order valence-corrected chi connectivity index (χ4v) is 2.41. The van der Waals surface area contributed by atoms with Crippen LogP contribution >= 0.6 is 27.3 Å². The van der Waals surface area contributed by atoms with Gasteiger partial charge in [0.1, 0.15) is 4.47 Å². The first-order valence-electron chi connectivity index (χ1n) is 5.48. The molecule has 0 aromatic carbocycles. The van der Waals surface area contributed by atoms with Crippen LogP contribution in [0.3, 0.4) is 0 Å². The van der Waals surface area contributed by atoms with Gasteiger partial charge in [-0.1, -0.05) is 0 Å². The van der Waals surface area contributed by atoms with E-state index >= 15 is 0 Å². The molecule has 2 aromatic rings. The summed E-state index contributed by atoms with van der Waals surface area (Å²) < 4.78 is 1.96. The zero-order chi connectivity index (χ0) is 13.1. The van der Waals surface area contributed by atoms with Gasteiger partial charge in [0.25, 0.3) is 5.56 Å². The summed E-state index contributed by atoms with van der Waals surface area (Å²) in [5.41, 5.74) is 2.35. The zero-order valence-electron chi connectivity index (χ0n) is 10.1. The lowest BCUT2D eigenvalue weighted by Crippen LogP contribution is -2.25. The number of nitrogens with zero attached hydrogens (tertiary/aromatic N) is 3. The van der Waals surface area contributed by atoms with Gasteiger partial charge in [0, 0.05) is 11.1 Å². The average Bonchev–Trinajstić information content (AvgIpc) is 2.83. The molecule has 0 unspecified atom stereocenters. The summed E-state index contributed by atoms with van der Waals surface area (Å²) in [4.78, 5) is 17.1. The second-order valence-corrected chi connectivity index (χ2v) is 5.80. The van der Waals surface area contributed by atoms with Gasteiger partial charge >= 0.3 is 0 Å². The second-order valence-electron chi connectivity index (χ2n) is 4.04. The van der Waals surface area contributed by atoms with E-state index in [0.29, 0.717) is 16.7 Å². The van der Waals surface area contributed by atoms with Crippen LogP contribution in [0.15, 0.2) is 27.2 Å². The van der Waals surface area contributed by atoms with E-state index < -0.39 is 0 Å². The van der Waals surface area contributed by atoms with E-state index in [2.05, 4.69) is 31.3 Å². The Hall–Kier alpha value is -1.21. The third kappa shape index (κ3) is 2.78. The molecule has 7 heteroatoms. The van der Waals surface area contributed by atoms with Crippen molar-refractivity contribution < 1.29 is 0 Å². The average molecular weight is 329 g/mol. The number of anilines is 1. The van der Waals surface area contributed by atoms with E-state index in [-0.39, 0.29) is 11.6 Å². The van der Waals surface area contributed by atoms with Crippen molar-refractivity contribution >= 4 is 33.0 Å². The van der Waals surface area contributed by atoms with E-state index in [1.54, 1.807) is 29.2 Å². The number of halogens is 1. The zero-order valence-corrected chi connectivity index (χ0v) is 12.5. The number of rotatable bonds is 4. The van der Waals surface area contributed by atoms with Crippen molar-refractivity contribution in [2.24, 2.45) is 0 Å². The minimum Gasteiger partial charge on any atom is -0.378 e. The van der Waals surface area contributed by atoms with Gasteiger partial charge in [-0.05, 0) is 29.8 Å². The molecule has 0 bridgehead atoms. The summed E-state index contributed by atoms with van der Waals surface area (Å²) in [7, 11) is 0. The van der Waals surface area contributed by atoms with E-state index in [4.69, 9.17) is 0 Å². The second kappa shape index (κ2) is 5.62. The van der Waals surface area contributed by atoms with Crippen molar-refractivity contribution in [3.63, 3.8) is 0 Å². The molecule has 0 aliphatic carbocycles. The highest BCUT2D eigenvalue weighted by molar-refractivity contribution is 9.10. The fraction of sp³-hybridized carbons (Fsp3) is 0.364. The normalized spacial score (nSPS) is 10.9. The predicted octanol–water partition coefficient (Wildman–Crippen LogP) is 2.66. The van der Waals surface area contributed by atoms with Crippen molar-refractivity contribution in [1.82, 2.24) is 14.8 Å². The van der Waals surface area contributed by atoms with Gasteiger partial charge in [0.05, 0.1) is 30.0 Å². The minimum atomic E-state index is -0.126. The van der Waals surface area contributed by atoms with Crippen LogP contribution in [0.2, 0.25) is 0 Å². The molecular formula is C11H13BrN4OS. The van der Waals surface area contributed by atoms with Crippen LogP contribution in [0, 0.1) is 0 Å². The lowest BCUT2D eigenvalue weighted by molar-refractivity contribution is 0.501. The minimum absolute atomic E-state index is 0.0457. The molecular weight excluding hydrogens is 316 g/mol. The topological polar surface area (TPSA) is 59.8 Å². The van der Waals surface area contributed by atoms with Gasteiger partial charge < -0.3 is 5.32 Å². The van der Waals surface area contributed by atoms with Crippen LogP contribution < -0.4 is 10.9 Å². The van der Waals surface area contributed by atoms with Gasteiger partial charge in [-0.25, -0.2) is 4.68 Å². The van der Waals surface area contributed by atoms with Crippen molar-refractivity contribution in [3.8, 4) is 0 Å². The smallest absolute Gasteiger partial charge is 0.283 e. The Morgan fingerprint density at radius 1 is 1.50 bits per heavy atom. The summed E-state index contributed by atoms with van der Waals surface area (Å²) in [5, 5.41) is 7.31. The number of hydrogen-bond acceptors (Lipinski definition) is 5. The molecule has 0 radical (unpaired) electrons. The molecule has 0 spiro atoms. The molecule has 0 aliphatic rings. The van der Waals surface area contributed by atoms with Gasteiger partial charge in [-0.2, -0.15) is 5.10 Å². The highest BCUT2D eigenvalue weighted by atomic mass is 79.9. The number of hydrogen-bond donors (Lipinski definition) is 1. The Labute approximate surface area is 117 Å². The number of thiazole rings is 1. The van der Waals surface area contributed by atoms with Gasteiger partial charge in [0.15, 0.2) is 0 Å². The summed E-state index contributed by atoms with van der Waals surface area (Å²) in [6.07, 6.45) is 3.46. The molecule has 0 saturated heterocycles. The molecule has 0 saturated carbocycles. The van der Waals surface area contributed by atoms with E-state index in [9.17, 15) is 4.79 Å². The first kappa shape index (κ1) is 13.2. The van der Waals surface area contributed by atoms with Crippen LogP contribution in [0.1, 0.15) is 24.8 Å². The van der Waals surface area contributed by atoms with Crippen molar-refractivity contribution in [2.75, 3.05) is 5.32 Å². The van der Waals surface area contributed by atoms with Crippen LogP contribution in [0.4, 0.5) is 5.69 Å². The summed E-state index contributed by atoms with van der Waals surface area (Å²) in [6, 6.07) is 0.0457. The highest BCUT2D eigenvalue weighted by Gasteiger charge is 2.10. The first-order valence-corrected chi connectivity index (χ1v) is 7.15. The Kier molecular flexibility index (Phi) is 4.13. The quantitative estimate of drug-likeness (QED) is 0.937. The van der Waals surface area contributed by atoms with E-state index in [0.717, 1.165) is 4.88 Å². The third-order valence-electron chi connectivity index (χ3n) is 2.37. The molecule has 96 valence electrons. The number of aromatic nitrogens is 3. The van der Waals surface area contributed by atoms with Crippen molar-refractivity contribution in [2.45, 2.75) is 26.4 Å². The standard InChI is InChI=1S/C11H13BrN4OS/c1-7(2)16-11(17)10(12)9(5-15-16)14-4-8-3-13-6-18-8/h3,5-7,14H,4H2,1-2H3. The number of nitrogens with one attached hydrogen (secondary N) is 1. The van der Waals surface area contributed by atoms with Crippen LogP contribution in [0.25, 0.3) is 0 Å². The molecule has 2 aromatic heterocycles. The fourth-order valence-electron chi connectivity index (χ4n) is 1.45. The molecule has 1 N–H and O–H groups in total. The largest absolute Gasteiger partial charge is 0.378 e. The first-order chi connectivity index (χ1) is 8.59. The SMILES string of the molecule is CC(C)n1ncc(NCc2cncs2)c(Br)c1=O. The van der Waals surface area contributed by atoms with Crippen molar-refractivity contribution in [1.29, 1.82) is 0 Å². The summed E-state index contributed by atoms with van der Waals surface area (Å²) >= 11 is 4.88. The molecule has 0 amide bonds. The molecule has 18 heavy (non-hydrogen) atoms. The van der Waals surface area contributed by atoms with Gasteiger partial charge in [-0.15, -0.1) is 11.3 Å². The van der Waals surface area contributed by atoms with Crippen LogP contribution in [-0.2, 0) is 6.54 Å². The maximum atomic E-state index is 12.0. The summed E-state index contributed by atoms with van der Waals surface area (Å²) in [6.45, 7) is 4.48. The third-order valence-corrected chi connectivity index (χ3v) is 3.92. The van der Waals surface area contributed by atoms with E-state index in [1.807, 2.05) is 13.8 Å². The van der Waals surface area contributed by atoms with Crippen molar-refractivity contribution in [3.05, 3.63) is 37.6 Å². The molecule has 2 rings (SSSR count). The molecule has 5 nitrogen and oxygen atoms in total. The molecule has 0 fully saturated rings. The lowest BCUT2D eigenvalue weighted by Gasteiger charge is -2.11. The van der Waals surface area contributed by atoms with Crippen LogP contribution in [0.5, 0.6) is 0 Å². The van der Waals surface area contributed by atoms with Gasteiger partial charge in [0.2, 0.25) is 0 Å². The Balaban J connectivity index is 2.20. The predicted molar refractivity (Wildman–Crippen MR) is 76.0 cm³/mol. The Morgan fingerprint density at radius 3 is 2.89 bits per heavy atom. The van der Waals surface area contributed by atoms with Gasteiger partial charge in [-0.3, -0.25) is 9.78 Å². The maximum Gasteiger partial charge on any atom is 0.283 e. The molecule has 0 aliphatic heterocycles.